The van der Waals surface area contributed by atoms with Crippen LogP contribution in [-0.4, -0.2) is 15.1 Å². The number of hydrogen-bond donors (Lipinski definition) is 0. The van der Waals surface area contributed by atoms with E-state index in [9.17, 15) is 12.9 Å². The second kappa shape index (κ2) is 6.03. The van der Waals surface area contributed by atoms with E-state index in [0.717, 1.165) is 0 Å². The smallest absolute Gasteiger partial charge is 0.449 e. The number of hydrogen-bond acceptors (Lipinski definition) is 0. The zero-order valence-corrected chi connectivity index (χ0v) is 12.2. The summed E-state index contributed by atoms with van der Waals surface area (Å²) in [7, 11) is -1.43. The summed E-state index contributed by atoms with van der Waals surface area (Å²) in [4.78, 5) is 0. The molecular weight excluding hydrogens is 207 g/mol. The van der Waals surface area contributed by atoms with Crippen molar-refractivity contribution in [1.82, 2.24) is 0 Å². The molecule has 0 aliphatic rings. The Kier molecular flexibility index (Phi) is 7.99. The van der Waals surface area contributed by atoms with Crippen molar-refractivity contribution >= 4 is 15.1 Å². The summed E-state index contributed by atoms with van der Waals surface area (Å²) < 4.78 is 35.0. The largest absolute Gasteiger partial charge is 1.00 e. The van der Waals surface area contributed by atoms with Crippen LogP contribution in [-0.2, 0) is 0 Å². The van der Waals surface area contributed by atoms with Crippen molar-refractivity contribution in [3.05, 3.63) is 11.8 Å². The molecule has 0 saturated heterocycles. The Labute approximate surface area is 115 Å². The van der Waals surface area contributed by atoms with Crippen LogP contribution in [0.3, 0.4) is 0 Å². The summed E-state index contributed by atoms with van der Waals surface area (Å²) in [6.45, 7) is 1.40. The number of halogens is 3. The van der Waals surface area contributed by atoms with E-state index < -0.39 is 21.4 Å². The van der Waals surface area contributed by atoms with Crippen molar-refractivity contribution in [2.24, 2.45) is 0 Å². The van der Waals surface area contributed by atoms with Crippen LogP contribution in [0.2, 0.25) is 26.0 Å². The minimum absolute atomic E-state index is 0. The molecule has 0 aromatic heterocycles. The molecule has 0 aromatic rings. The molecule has 0 N–H and O–H groups in total. The zero-order valence-electron chi connectivity index (χ0n) is 8.07. The molecule has 0 aromatic carbocycles. The molecule has 0 radical (unpaired) electrons. The Hall–Kier alpha value is 1.45. The van der Waals surface area contributed by atoms with Gasteiger partial charge in [-0.15, -0.1) is 11.8 Å². The van der Waals surface area contributed by atoms with Crippen molar-refractivity contribution < 1.29 is 64.3 Å². The topological polar surface area (TPSA) is 0 Å². The van der Waals surface area contributed by atoms with E-state index in [2.05, 4.69) is 0 Å². The van der Waals surface area contributed by atoms with Gasteiger partial charge >= 0.3 is 58.4 Å². The molecule has 0 nitrogen and oxygen atoms in total. The molecule has 0 unspecified atom stereocenters. The fraction of sp³-hybridized carbons (Fsp3) is 0.667. The summed E-state index contributed by atoms with van der Waals surface area (Å²) >= 11 is 0. The van der Waals surface area contributed by atoms with Crippen molar-refractivity contribution in [3.8, 4) is 0 Å². The van der Waals surface area contributed by atoms with Crippen LogP contribution >= 0.6 is 0 Å². The van der Waals surface area contributed by atoms with Gasteiger partial charge in [0.2, 0.25) is 0 Å². The van der Waals surface area contributed by atoms with Crippen molar-refractivity contribution in [3.63, 3.8) is 0 Å². The summed E-state index contributed by atoms with van der Waals surface area (Å²) in [5.74, 6) is 0. The van der Waals surface area contributed by atoms with E-state index in [0.29, 0.717) is 0 Å². The Morgan fingerprint density at radius 1 is 1.17 bits per heavy atom. The third kappa shape index (κ3) is 14.0. The minimum atomic E-state index is -4.62. The van der Waals surface area contributed by atoms with E-state index in [1.54, 1.807) is 5.70 Å². The molecule has 0 atom stereocenters. The fourth-order valence-corrected chi connectivity index (χ4v) is 1.42. The van der Waals surface area contributed by atoms with Gasteiger partial charge in [0.1, 0.15) is 0 Å². The van der Waals surface area contributed by atoms with Crippen LogP contribution in [0.1, 0.15) is 0 Å². The van der Waals surface area contributed by atoms with E-state index in [1.165, 1.54) is 6.08 Å². The van der Waals surface area contributed by atoms with E-state index in [-0.39, 0.29) is 51.4 Å². The van der Waals surface area contributed by atoms with Crippen molar-refractivity contribution in [1.29, 1.82) is 0 Å². The molecule has 0 heterocycles. The van der Waals surface area contributed by atoms with E-state index in [1.807, 2.05) is 19.6 Å². The molecule has 0 saturated carbocycles. The third-order valence-corrected chi connectivity index (χ3v) is 2.26. The van der Waals surface area contributed by atoms with Crippen molar-refractivity contribution in [2.75, 3.05) is 0 Å². The summed E-state index contributed by atoms with van der Waals surface area (Å²) in [6.07, 6.45) is 0.524. The van der Waals surface area contributed by atoms with Gasteiger partial charge in [-0.25, -0.2) is 0 Å². The minimum Gasteiger partial charge on any atom is -0.449 e. The molecule has 6 heteroatoms. The Morgan fingerprint density at radius 3 is 1.83 bits per heavy atom. The van der Waals surface area contributed by atoms with Gasteiger partial charge in [-0.2, -0.15) is 0 Å². The standard InChI is InChI=1S/C6H13BF3Si.K/c1-11(2,3)6-4-5-7(8,9)10;/h4,6H,5H2,1-3H3;/q-1;+1/b6-4+;. The van der Waals surface area contributed by atoms with Gasteiger partial charge in [-0.3, -0.25) is 0 Å². The number of allylic oxidation sites excluding steroid dienone is 1. The zero-order chi connectivity index (χ0) is 9.12. The molecule has 0 aliphatic heterocycles. The van der Waals surface area contributed by atoms with E-state index >= 15 is 0 Å². The van der Waals surface area contributed by atoms with Gasteiger partial charge in [-0.05, 0) is 0 Å². The monoisotopic (exact) mass is 220 g/mol. The first kappa shape index (κ1) is 15.9. The quantitative estimate of drug-likeness (QED) is 0.599. The predicted octanol–water partition coefficient (Wildman–Crippen LogP) is 0.271. The molecule has 0 aliphatic carbocycles. The predicted molar refractivity (Wildman–Crippen MR) is 46.4 cm³/mol. The molecular formula is C6H13BF3KSi. The van der Waals surface area contributed by atoms with Gasteiger partial charge in [0.05, 0.1) is 8.07 Å². The Morgan fingerprint density at radius 2 is 1.58 bits per heavy atom. The third-order valence-electron chi connectivity index (χ3n) is 1.02. The first-order valence-electron chi connectivity index (χ1n) is 3.59. The number of rotatable bonds is 3. The van der Waals surface area contributed by atoms with E-state index in [4.69, 9.17) is 0 Å². The summed E-state index contributed by atoms with van der Waals surface area (Å²) in [5, 5.41) is 0. The maximum atomic E-state index is 11.7. The molecule has 0 fully saturated rings. The Bertz CT molecular complexity index is 150. The molecule has 0 spiro atoms. The van der Waals surface area contributed by atoms with Crippen LogP contribution in [0.4, 0.5) is 12.9 Å². The second-order valence-electron chi connectivity index (χ2n) is 3.71. The van der Waals surface area contributed by atoms with Crippen LogP contribution < -0.4 is 51.4 Å². The van der Waals surface area contributed by atoms with Crippen LogP contribution in [0.25, 0.3) is 0 Å². The van der Waals surface area contributed by atoms with Gasteiger partial charge in [0.15, 0.2) is 0 Å². The van der Waals surface area contributed by atoms with Crippen LogP contribution in [0.5, 0.6) is 0 Å². The summed E-state index contributed by atoms with van der Waals surface area (Å²) in [6, 6.07) is 0. The first-order chi connectivity index (χ1) is 4.71. The SMILES string of the molecule is C[Si](C)(C)/C=C/C[B-](F)(F)F.[K+]. The van der Waals surface area contributed by atoms with Gasteiger partial charge in [0.25, 0.3) is 0 Å². The molecule has 66 valence electrons. The first-order valence-corrected chi connectivity index (χ1v) is 7.17. The molecule has 0 bridgehead atoms. The molecule has 0 rings (SSSR count). The maximum absolute atomic E-state index is 11.7. The fourth-order valence-electron chi connectivity index (χ4n) is 0.576. The normalized spacial score (nSPS) is 13.2. The van der Waals surface area contributed by atoms with Gasteiger partial charge < -0.3 is 12.9 Å². The Balaban J connectivity index is 0. The van der Waals surface area contributed by atoms with Crippen LogP contribution in [0, 0.1) is 0 Å². The van der Waals surface area contributed by atoms with Gasteiger partial charge in [0, 0.05) is 0 Å². The van der Waals surface area contributed by atoms with Gasteiger partial charge in [-0.1, -0.05) is 26.0 Å². The molecule has 0 amide bonds. The average molecular weight is 220 g/mol. The summed E-state index contributed by atoms with van der Waals surface area (Å²) in [5.41, 5.74) is 1.72. The average Bonchev–Trinajstić information content (AvgIpc) is 1.55. The van der Waals surface area contributed by atoms with Crippen LogP contribution in [0.15, 0.2) is 11.8 Å². The van der Waals surface area contributed by atoms with Crippen molar-refractivity contribution in [2.45, 2.75) is 26.0 Å². The maximum Gasteiger partial charge on any atom is 1.00 e. The second-order valence-corrected chi connectivity index (χ2v) is 8.78. The molecule has 12 heavy (non-hydrogen) atoms.